The lowest BCUT2D eigenvalue weighted by Crippen LogP contribution is -2.44. The van der Waals surface area contributed by atoms with Crippen molar-refractivity contribution in [2.75, 3.05) is 0 Å². The maximum absolute atomic E-state index is 11.7. The second kappa shape index (κ2) is 7.24. The Morgan fingerprint density at radius 1 is 1.39 bits per heavy atom. The Labute approximate surface area is 108 Å². The Hall–Kier alpha value is -1.26. The molecule has 1 unspecified atom stereocenters. The largest absolute Gasteiger partial charge is 0.481 e. The highest BCUT2D eigenvalue weighted by molar-refractivity contribution is 5.75. The molecular weight excluding hydrogens is 232 g/mol. The summed E-state index contributed by atoms with van der Waals surface area (Å²) in [6.45, 7) is 4.11. The maximum Gasteiger partial charge on any atom is 0.315 e. The Morgan fingerprint density at radius 2 is 2.11 bits per heavy atom. The van der Waals surface area contributed by atoms with Crippen LogP contribution in [0.15, 0.2) is 0 Å². The molecule has 1 aliphatic rings. The van der Waals surface area contributed by atoms with Crippen LogP contribution in [0.2, 0.25) is 0 Å². The van der Waals surface area contributed by atoms with Gasteiger partial charge in [-0.05, 0) is 32.6 Å². The minimum atomic E-state index is -0.754. The van der Waals surface area contributed by atoms with Crippen LogP contribution < -0.4 is 10.6 Å². The highest BCUT2D eigenvalue weighted by atomic mass is 16.4. The molecule has 0 aromatic heterocycles. The normalized spacial score (nSPS) is 24.6. The molecule has 0 saturated heterocycles. The highest BCUT2D eigenvalue weighted by Crippen LogP contribution is 2.25. The third-order valence-corrected chi connectivity index (χ3v) is 3.49. The van der Waals surface area contributed by atoms with Gasteiger partial charge in [0.05, 0.1) is 5.92 Å². The fraction of sp³-hybridized carbons (Fsp3) is 0.846. The van der Waals surface area contributed by atoms with Crippen LogP contribution in [0.3, 0.4) is 0 Å². The van der Waals surface area contributed by atoms with Gasteiger partial charge in [0.15, 0.2) is 0 Å². The maximum atomic E-state index is 11.7. The average molecular weight is 256 g/mol. The van der Waals surface area contributed by atoms with Crippen molar-refractivity contribution in [1.29, 1.82) is 0 Å². The minimum absolute atomic E-state index is 0.00414. The van der Waals surface area contributed by atoms with Crippen molar-refractivity contribution >= 4 is 12.0 Å². The number of hydrogen-bond acceptors (Lipinski definition) is 2. The number of carbonyl (C=O) groups excluding carboxylic acids is 1. The molecule has 5 nitrogen and oxygen atoms in total. The molecule has 0 aromatic rings. The van der Waals surface area contributed by atoms with E-state index in [0.29, 0.717) is 12.8 Å². The Kier molecular flexibility index (Phi) is 5.95. The standard InChI is InChI=1S/C13H24N2O3/c1-3-4-5-9(2)14-13(18)15-11-7-6-10(8-11)12(16)17/h9-11H,3-8H2,1-2H3,(H,16,17)(H2,14,15,18)/t9?,10-,11+/m1/s1. The molecule has 3 N–H and O–H groups in total. The van der Waals surface area contributed by atoms with E-state index in [9.17, 15) is 9.59 Å². The van der Waals surface area contributed by atoms with Gasteiger partial charge in [0.1, 0.15) is 0 Å². The zero-order chi connectivity index (χ0) is 13.5. The SMILES string of the molecule is CCCCC(C)NC(=O)N[C@H]1CC[C@@H](C(=O)O)C1. The van der Waals surface area contributed by atoms with Gasteiger partial charge in [-0.3, -0.25) is 4.79 Å². The molecule has 1 saturated carbocycles. The molecule has 5 heteroatoms. The van der Waals surface area contributed by atoms with E-state index < -0.39 is 5.97 Å². The van der Waals surface area contributed by atoms with Crippen molar-refractivity contribution in [3.63, 3.8) is 0 Å². The van der Waals surface area contributed by atoms with Crippen LogP contribution in [0.1, 0.15) is 52.4 Å². The van der Waals surface area contributed by atoms with Crippen LogP contribution in [0.25, 0.3) is 0 Å². The van der Waals surface area contributed by atoms with Crippen molar-refractivity contribution in [3.05, 3.63) is 0 Å². The van der Waals surface area contributed by atoms with E-state index in [1.165, 1.54) is 0 Å². The van der Waals surface area contributed by atoms with Crippen LogP contribution in [-0.4, -0.2) is 29.2 Å². The lowest BCUT2D eigenvalue weighted by atomic mass is 10.1. The van der Waals surface area contributed by atoms with Crippen molar-refractivity contribution in [2.45, 2.75) is 64.5 Å². The number of carboxylic acids is 1. The number of unbranched alkanes of at least 4 members (excludes halogenated alkanes) is 1. The van der Waals surface area contributed by atoms with E-state index in [1.807, 2.05) is 6.92 Å². The van der Waals surface area contributed by atoms with Crippen molar-refractivity contribution in [1.82, 2.24) is 10.6 Å². The molecule has 18 heavy (non-hydrogen) atoms. The van der Waals surface area contributed by atoms with Crippen molar-refractivity contribution < 1.29 is 14.7 Å². The summed E-state index contributed by atoms with van der Waals surface area (Å²) in [5.41, 5.74) is 0. The summed E-state index contributed by atoms with van der Waals surface area (Å²) in [5, 5.41) is 14.6. The van der Waals surface area contributed by atoms with E-state index in [4.69, 9.17) is 5.11 Å². The predicted molar refractivity (Wildman–Crippen MR) is 69.4 cm³/mol. The van der Waals surface area contributed by atoms with Gasteiger partial charge in [-0.15, -0.1) is 0 Å². The molecule has 0 aliphatic heterocycles. The summed E-state index contributed by atoms with van der Waals surface area (Å²) in [5.74, 6) is -1.05. The number of carboxylic acid groups (broad SMARTS) is 1. The topological polar surface area (TPSA) is 78.4 Å². The average Bonchev–Trinajstić information content (AvgIpc) is 2.74. The Morgan fingerprint density at radius 3 is 2.67 bits per heavy atom. The number of urea groups is 1. The summed E-state index contributed by atoms with van der Waals surface area (Å²) < 4.78 is 0. The van der Waals surface area contributed by atoms with Gasteiger partial charge in [0.2, 0.25) is 0 Å². The molecule has 3 atom stereocenters. The molecule has 1 fully saturated rings. The molecule has 0 aromatic carbocycles. The first-order valence-corrected chi connectivity index (χ1v) is 6.82. The van der Waals surface area contributed by atoms with E-state index in [0.717, 1.165) is 25.7 Å². The molecule has 0 spiro atoms. The summed E-state index contributed by atoms with van der Waals surface area (Å²) in [6.07, 6.45) is 5.17. The van der Waals surface area contributed by atoms with Gasteiger partial charge in [-0.1, -0.05) is 19.8 Å². The fourth-order valence-electron chi connectivity index (χ4n) is 2.37. The zero-order valence-corrected chi connectivity index (χ0v) is 11.2. The lowest BCUT2D eigenvalue weighted by molar-refractivity contribution is -0.141. The number of hydrogen-bond donors (Lipinski definition) is 3. The van der Waals surface area contributed by atoms with Gasteiger partial charge in [0, 0.05) is 12.1 Å². The van der Waals surface area contributed by atoms with Crippen LogP contribution >= 0.6 is 0 Å². The Bertz CT molecular complexity index is 294. The number of aliphatic carboxylic acids is 1. The van der Waals surface area contributed by atoms with Crippen molar-refractivity contribution in [2.24, 2.45) is 5.92 Å². The number of rotatable bonds is 6. The van der Waals surface area contributed by atoms with Gasteiger partial charge in [-0.25, -0.2) is 4.79 Å². The monoisotopic (exact) mass is 256 g/mol. The van der Waals surface area contributed by atoms with Crippen LogP contribution in [0, 0.1) is 5.92 Å². The molecule has 0 heterocycles. The molecule has 104 valence electrons. The first-order chi connectivity index (χ1) is 8.52. The van der Waals surface area contributed by atoms with Gasteiger partial charge >= 0.3 is 12.0 Å². The molecule has 0 bridgehead atoms. The molecule has 0 radical (unpaired) electrons. The second-order valence-corrected chi connectivity index (χ2v) is 5.21. The van der Waals surface area contributed by atoms with Gasteiger partial charge in [0.25, 0.3) is 0 Å². The summed E-state index contributed by atoms with van der Waals surface area (Å²) >= 11 is 0. The molecule has 1 rings (SSSR count). The Balaban J connectivity index is 2.23. The number of nitrogens with one attached hydrogen (secondary N) is 2. The molecular formula is C13H24N2O3. The summed E-state index contributed by atoms with van der Waals surface area (Å²) in [7, 11) is 0. The first-order valence-electron chi connectivity index (χ1n) is 6.82. The third kappa shape index (κ3) is 4.94. The quantitative estimate of drug-likeness (QED) is 0.681. The van der Waals surface area contributed by atoms with E-state index in [2.05, 4.69) is 17.6 Å². The molecule has 2 amide bonds. The van der Waals surface area contributed by atoms with E-state index in [1.54, 1.807) is 0 Å². The highest BCUT2D eigenvalue weighted by Gasteiger charge is 2.30. The van der Waals surface area contributed by atoms with Crippen molar-refractivity contribution in [3.8, 4) is 0 Å². The fourth-order valence-corrected chi connectivity index (χ4v) is 2.37. The van der Waals surface area contributed by atoms with Crippen LogP contribution in [0.5, 0.6) is 0 Å². The smallest absolute Gasteiger partial charge is 0.315 e. The van der Waals surface area contributed by atoms with E-state index in [-0.39, 0.29) is 24.0 Å². The predicted octanol–water partition coefficient (Wildman–Crippen LogP) is 2.12. The lowest BCUT2D eigenvalue weighted by Gasteiger charge is -2.17. The summed E-state index contributed by atoms with van der Waals surface area (Å²) in [4.78, 5) is 22.5. The summed E-state index contributed by atoms with van der Waals surface area (Å²) in [6, 6.07) is 0.000686. The van der Waals surface area contributed by atoms with Crippen LogP contribution in [0.4, 0.5) is 4.79 Å². The number of amides is 2. The minimum Gasteiger partial charge on any atom is -0.481 e. The second-order valence-electron chi connectivity index (χ2n) is 5.21. The van der Waals surface area contributed by atoms with E-state index >= 15 is 0 Å². The van der Waals surface area contributed by atoms with Crippen LogP contribution in [-0.2, 0) is 4.79 Å². The zero-order valence-electron chi connectivity index (χ0n) is 11.2. The van der Waals surface area contributed by atoms with Gasteiger partial charge < -0.3 is 15.7 Å². The molecule has 1 aliphatic carbocycles. The third-order valence-electron chi connectivity index (χ3n) is 3.49. The number of carbonyl (C=O) groups is 2. The first kappa shape index (κ1) is 14.8. The van der Waals surface area contributed by atoms with Gasteiger partial charge in [-0.2, -0.15) is 0 Å².